The molecule has 13 heavy (non-hydrogen) atoms. The molecule has 0 saturated heterocycles. The summed E-state index contributed by atoms with van der Waals surface area (Å²) in [6.07, 6.45) is 1.28. The summed E-state index contributed by atoms with van der Waals surface area (Å²) in [7, 11) is 2.47. The van der Waals surface area contributed by atoms with Gasteiger partial charge in [-0.1, -0.05) is 6.82 Å². The van der Waals surface area contributed by atoms with Crippen LogP contribution in [0.25, 0.3) is 0 Å². The van der Waals surface area contributed by atoms with Gasteiger partial charge >= 0.3 is 6.64 Å². The molecule has 0 saturated carbocycles. The summed E-state index contributed by atoms with van der Waals surface area (Å²) in [5.74, 6) is 0. The first-order valence-corrected chi connectivity index (χ1v) is 4.81. The van der Waals surface area contributed by atoms with E-state index in [2.05, 4.69) is 14.2 Å². The molecule has 6 heteroatoms. The molecule has 0 spiro atoms. The maximum atomic E-state index is 9.60. The number of aliphatic hydroxyl groups is 2. The monoisotopic (exact) mass is 206 g/mol. The minimum atomic E-state index is -0.716. The van der Waals surface area contributed by atoms with E-state index in [0.717, 1.165) is 0 Å². The molecule has 0 fully saturated rings. The third-order valence-corrected chi connectivity index (χ3v) is 1.93. The highest BCUT2D eigenvalue weighted by molar-refractivity contribution is 7.60. The van der Waals surface area contributed by atoms with Crippen LogP contribution < -0.4 is 0 Å². The smallest absolute Gasteiger partial charge is 0.312 e. The van der Waals surface area contributed by atoms with Gasteiger partial charge < -0.3 is 19.6 Å². The zero-order chi connectivity index (χ0) is 10.6. The maximum Gasteiger partial charge on any atom is 0.312 e. The lowest BCUT2D eigenvalue weighted by Gasteiger charge is -2.32. The highest BCUT2D eigenvalue weighted by Gasteiger charge is 2.32. The second kappa shape index (κ2) is 4.96. The van der Waals surface area contributed by atoms with Gasteiger partial charge in [0.15, 0.2) is 0 Å². The maximum absolute atomic E-state index is 9.60. The summed E-state index contributed by atoms with van der Waals surface area (Å²) in [6, 6.07) is 0. The molecular formula is C7H14BO4P. The van der Waals surface area contributed by atoms with Crippen molar-refractivity contribution in [1.29, 1.82) is 1.43 Å². The van der Waals surface area contributed by atoms with E-state index in [9.17, 15) is 5.11 Å². The van der Waals surface area contributed by atoms with Crippen molar-refractivity contribution in [3.05, 3.63) is 12.3 Å². The fraction of sp³-hybridized carbons (Fsp3) is 0.714. The molecule has 2 N–H and O–H groups in total. The summed E-state index contributed by atoms with van der Waals surface area (Å²) in [4.78, 5) is 0. The number of hydrogen-bond acceptors (Lipinski definition) is 4. The van der Waals surface area contributed by atoms with Gasteiger partial charge in [-0.2, -0.15) is 0 Å². The van der Waals surface area contributed by atoms with Crippen LogP contribution in [0.2, 0.25) is 6.82 Å². The SMILES string of the molecule is [3H]OCC1OC=C[C@@H](O)[C@@H]1OB(C)P. The van der Waals surface area contributed by atoms with Crippen molar-refractivity contribution in [2.75, 3.05) is 6.61 Å². The molecule has 1 aliphatic rings. The summed E-state index contributed by atoms with van der Waals surface area (Å²) < 4.78 is 17.3. The lowest BCUT2D eigenvalue weighted by atomic mass is 9.99. The van der Waals surface area contributed by atoms with E-state index in [1.165, 1.54) is 12.3 Å². The second-order valence-electron chi connectivity index (χ2n) is 2.97. The topological polar surface area (TPSA) is 58.9 Å². The molecular weight excluding hydrogens is 190 g/mol. The number of rotatable bonds is 4. The third-order valence-electron chi connectivity index (χ3n) is 1.77. The van der Waals surface area contributed by atoms with Gasteiger partial charge in [-0.15, -0.1) is 9.12 Å². The Morgan fingerprint density at radius 2 is 2.62 bits per heavy atom. The van der Waals surface area contributed by atoms with Gasteiger partial charge in [-0.25, -0.2) is 0 Å². The van der Waals surface area contributed by atoms with Gasteiger partial charge in [0.25, 0.3) is 0 Å². The molecule has 0 aromatic carbocycles. The number of aliphatic hydroxyl groups excluding tert-OH is 2. The Kier molecular flexibility index (Phi) is 3.61. The van der Waals surface area contributed by atoms with Crippen LogP contribution in [0.15, 0.2) is 12.3 Å². The molecule has 0 aliphatic carbocycles. The van der Waals surface area contributed by atoms with Crippen LogP contribution in [0.5, 0.6) is 0 Å². The first-order valence-electron chi connectivity index (χ1n) is 4.55. The van der Waals surface area contributed by atoms with Crippen molar-refractivity contribution in [2.45, 2.75) is 25.1 Å². The first-order chi connectivity index (χ1) is 6.65. The average Bonchev–Trinajstić information content (AvgIpc) is 2.11. The van der Waals surface area contributed by atoms with Crippen molar-refractivity contribution in [3.8, 4) is 0 Å². The molecule has 4 nitrogen and oxygen atoms in total. The molecule has 0 aromatic rings. The molecule has 4 atom stereocenters. The average molecular weight is 206 g/mol. The second-order valence-corrected chi connectivity index (χ2v) is 3.90. The fourth-order valence-corrected chi connectivity index (χ4v) is 1.37. The van der Waals surface area contributed by atoms with Crippen LogP contribution in [-0.4, -0.2) is 43.2 Å². The van der Waals surface area contributed by atoms with E-state index >= 15 is 0 Å². The fourth-order valence-electron chi connectivity index (χ4n) is 1.18. The largest absolute Gasteiger partial charge is 0.493 e. The van der Waals surface area contributed by atoms with E-state index < -0.39 is 18.3 Å². The van der Waals surface area contributed by atoms with Crippen LogP contribution in [0, 0.1) is 0 Å². The van der Waals surface area contributed by atoms with Crippen molar-refractivity contribution >= 4 is 15.8 Å². The van der Waals surface area contributed by atoms with Crippen LogP contribution in [0.3, 0.4) is 0 Å². The molecule has 1 rings (SSSR count). The Morgan fingerprint density at radius 1 is 1.85 bits per heavy atom. The third kappa shape index (κ3) is 2.95. The molecule has 74 valence electrons. The van der Waals surface area contributed by atoms with Gasteiger partial charge in [0.2, 0.25) is 1.43 Å². The van der Waals surface area contributed by atoms with Crippen molar-refractivity contribution in [2.24, 2.45) is 0 Å². The van der Waals surface area contributed by atoms with Crippen molar-refractivity contribution in [1.82, 2.24) is 0 Å². The number of hydrogen-bond donors (Lipinski definition) is 2. The molecule has 0 amide bonds. The predicted molar refractivity (Wildman–Crippen MR) is 53.3 cm³/mol. The lowest BCUT2D eigenvalue weighted by molar-refractivity contribution is -0.0683. The zero-order valence-corrected chi connectivity index (χ0v) is 8.58. The Labute approximate surface area is 81.7 Å². The standard InChI is InChI=1S/C7H14BO4P/c1-8(13)12-7-5(10)2-3-11-6(7)4-9/h2-3,5-7,9-10H,4,13H2,1H3/t5-,6?,7+/m1/s1/i9T. The molecule has 1 heterocycles. The van der Waals surface area contributed by atoms with Crippen LogP contribution in [0.4, 0.5) is 0 Å². The molecule has 2 unspecified atom stereocenters. The van der Waals surface area contributed by atoms with E-state index in [4.69, 9.17) is 10.8 Å². The quantitative estimate of drug-likeness (QED) is 0.486. The normalized spacial score (nSPS) is 33.8. The van der Waals surface area contributed by atoms with Crippen LogP contribution in [-0.2, 0) is 9.39 Å². The summed E-state index contributed by atoms with van der Waals surface area (Å²) in [5, 5.41) is 13.8. The molecule has 1 aliphatic heterocycles. The van der Waals surface area contributed by atoms with E-state index in [-0.39, 0.29) is 13.2 Å². The zero-order valence-electron chi connectivity index (χ0n) is 8.42. The highest BCUT2D eigenvalue weighted by Crippen LogP contribution is 2.17. The molecule has 0 radical (unpaired) electrons. The molecule has 0 bridgehead atoms. The van der Waals surface area contributed by atoms with E-state index in [0.29, 0.717) is 0 Å². The van der Waals surface area contributed by atoms with Gasteiger partial charge in [0.1, 0.15) is 18.3 Å². The summed E-state index contributed by atoms with van der Waals surface area (Å²) in [6.45, 7) is 1.83. The minimum absolute atomic E-state index is 0.0729. The first kappa shape index (κ1) is 9.47. The van der Waals surface area contributed by atoms with E-state index in [1.54, 1.807) is 0 Å². The Hall–Kier alpha value is -0.0851. The summed E-state index contributed by atoms with van der Waals surface area (Å²) >= 11 is 0. The van der Waals surface area contributed by atoms with Crippen molar-refractivity contribution in [3.63, 3.8) is 0 Å². The van der Waals surface area contributed by atoms with Crippen LogP contribution in [0.1, 0.15) is 0 Å². The molecule has 0 aromatic heterocycles. The Morgan fingerprint density at radius 3 is 3.23 bits per heavy atom. The lowest BCUT2D eigenvalue weighted by Crippen LogP contribution is -2.45. The van der Waals surface area contributed by atoms with Crippen LogP contribution >= 0.6 is 9.12 Å². The Bertz CT molecular complexity index is 204. The van der Waals surface area contributed by atoms with Gasteiger partial charge in [0, 0.05) is 0 Å². The minimum Gasteiger partial charge on any atom is -0.493 e. The van der Waals surface area contributed by atoms with Gasteiger partial charge in [-0.3, -0.25) is 0 Å². The summed E-state index contributed by atoms with van der Waals surface area (Å²) in [5.41, 5.74) is 0. The predicted octanol–water partition coefficient (Wildman–Crippen LogP) is -0.370. The van der Waals surface area contributed by atoms with Gasteiger partial charge in [-0.05, 0) is 6.08 Å². The van der Waals surface area contributed by atoms with Crippen molar-refractivity contribution < 1.29 is 19.6 Å². The van der Waals surface area contributed by atoms with Gasteiger partial charge in [0.05, 0.1) is 12.9 Å². The Balaban J connectivity index is 2.58. The number of ether oxygens (including phenoxy) is 1. The van der Waals surface area contributed by atoms with E-state index in [1.807, 2.05) is 6.82 Å². The highest BCUT2D eigenvalue weighted by atomic mass is 31.0.